The summed E-state index contributed by atoms with van der Waals surface area (Å²) in [6.07, 6.45) is 1.77. The molecule has 6 nitrogen and oxygen atoms in total. The molecule has 7 heteroatoms. The Hall–Kier alpha value is -2.12. The lowest BCUT2D eigenvalue weighted by Crippen LogP contribution is -2.37. The van der Waals surface area contributed by atoms with Crippen LogP contribution in [0.2, 0.25) is 0 Å². The molecule has 1 fully saturated rings. The smallest absolute Gasteiger partial charge is 0.259 e. The Morgan fingerprint density at radius 3 is 2.31 bits per heavy atom. The van der Waals surface area contributed by atoms with Gasteiger partial charge in [0.1, 0.15) is 11.5 Å². The number of nitrogens with one attached hydrogen (secondary N) is 1. The minimum atomic E-state index is -3.48. The molecule has 1 amide bonds. The number of carbonyl (C=O) groups excluding carboxylic acids is 1. The Labute approximate surface area is 154 Å². The lowest BCUT2D eigenvalue weighted by Gasteiger charge is -2.29. The first-order chi connectivity index (χ1) is 12.3. The average molecular weight is 376 g/mol. The van der Waals surface area contributed by atoms with Crippen LogP contribution in [0.5, 0.6) is 0 Å². The van der Waals surface area contributed by atoms with E-state index in [1.807, 2.05) is 0 Å². The van der Waals surface area contributed by atoms with Crippen LogP contribution in [0.25, 0.3) is 0 Å². The third-order valence-electron chi connectivity index (χ3n) is 4.78. The van der Waals surface area contributed by atoms with Gasteiger partial charge in [-0.3, -0.25) is 4.79 Å². The number of hydrogen-bond donors (Lipinski definition) is 1. The number of sulfonamides is 1. The Kier molecular flexibility index (Phi) is 5.20. The first kappa shape index (κ1) is 18.7. The third-order valence-corrected chi connectivity index (χ3v) is 6.69. The van der Waals surface area contributed by atoms with E-state index >= 15 is 0 Å². The molecular weight excluding hydrogens is 352 g/mol. The Morgan fingerprint density at radius 2 is 1.77 bits per heavy atom. The van der Waals surface area contributed by atoms with Gasteiger partial charge in [0.25, 0.3) is 5.91 Å². The van der Waals surface area contributed by atoms with Crippen molar-refractivity contribution in [3.05, 3.63) is 47.4 Å². The zero-order chi connectivity index (χ0) is 18.9. The van der Waals surface area contributed by atoms with Gasteiger partial charge in [0.05, 0.1) is 10.5 Å². The highest BCUT2D eigenvalue weighted by Gasteiger charge is 2.28. The SMILES string of the molecule is Cc1cc(C(=O)Nc2ccc(S(=O)(=O)N3CCC(C)CC3)cc2)c(C)o1. The summed E-state index contributed by atoms with van der Waals surface area (Å²) in [5, 5.41) is 2.77. The minimum Gasteiger partial charge on any atom is -0.466 e. The topological polar surface area (TPSA) is 79.6 Å². The number of aryl methyl sites for hydroxylation is 2. The quantitative estimate of drug-likeness (QED) is 0.885. The van der Waals surface area contributed by atoms with E-state index in [0.717, 1.165) is 12.8 Å². The summed E-state index contributed by atoms with van der Waals surface area (Å²) in [6.45, 7) is 6.77. The maximum absolute atomic E-state index is 12.7. The largest absolute Gasteiger partial charge is 0.466 e. The number of rotatable bonds is 4. The maximum Gasteiger partial charge on any atom is 0.259 e. The number of amides is 1. The van der Waals surface area contributed by atoms with Gasteiger partial charge in [0, 0.05) is 18.8 Å². The summed E-state index contributed by atoms with van der Waals surface area (Å²) in [6, 6.07) is 7.98. The molecule has 3 rings (SSSR count). The molecule has 1 N–H and O–H groups in total. The first-order valence-electron chi connectivity index (χ1n) is 8.76. The second kappa shape index (κ2) is 7.25. The predicted molar refractivity (Wildman–Crippen MR) is 99.7 cm³/mol. The summed E-state index contributed by atoms with van der Waals surface area (Å²) >= 11 is 0. The Bertz CT molecular complexity index is 892. The van der Waals surface area contributed by atoms with Crippen LogP contribution >= 0.6 is 0 Å². The third kappa shape index (κ3) is 3.83. The minimum absolute atomic E-state index is 0.250. The average Bonchev–Trinajstić information content (AvgIpc) is 2.94. The zero-order valence-electron chi connectivity index (χ0n) is 15.3. The van der Waals surface area contributed by atoms with Crippen molar-refractivity contribution in [1.29, 1.82) is 0 Å². The van der Waals surface area contributed by atoms with Crippen LogP contribution in [0.3, 0.4) is 0 Å². The summed E-state index contributed by atoms with van der Waals surface area (Å²) in [4.78, 5) is 12.6. The normalized spacial score (nSPS) is 16.6. The second-order valence-electron chi connectivity index (χ2n) is 6.89. The summed E-state index contributed by atoms with van der Waals surface area (Å²) in [5.41, 5.74) is 1.01. The van der Waals surface area contributed by atoms with Crippen LogP contribution in [0, 0.1) is 19.8 Å². The zero-order valence-corrected chi connectivity index (χ0v) is 16.1. The van der Waals surface area contributed by atoms with E-state index in [0.29, 0.717) is 41.8 Å². The number of hydrogen-bond acceptors (Lipinski definition) is 4. The number of nitrogens with zero attached hydrogens (tertiary/aromatic N) is 1. The highest BCUT2D eigenvalue weighted by atomic mass is 32.2. The molecule has 1 aliphatic heterocycles. The molecule has 26 heavy (non-hydrogen) atoms. The lowest BCUT2D eigenvalue weighted by molar-refractivity contribution is 0.102. The monoisotopic (exact) mass is 376 g/mol. The van der Waals surface area contributed by atoms with Gasteiger partial charge in [-0.15, -0.1) is 0 Å². The van der Waals surface area contributed by atoms with E-state index in [-0.39, 0.29) is 10.8 Å². The highest BCUT2D eigenvalue weighted by Crippen LogP contribution is 2.24. The molecule has 1 saturated heterocycles. The number of furan rings is 1. The fraction of sp³-hybridized carbons (Fsp3) is 0.421. The Balaban J connectivity index is 1.72. The molecule has 0 saturated carbocycles. The van der Waals surface area contributed by atoms with Crippen molar-refractivity contribution in [2.24, 2.45) is 5.92 Å². The van der Waals surface area contributed by atoms with Gasteiger partial charge in [-0.2, -0.15) is 4.31 Å². The van der Waals surface area contributed by atoms with Gasteiger partial charge in [-0.05, 0) is 62.9 Å². The predicted octanol–water partition coefficient (Wildman–Crippen LogP) is 3.57. The van der Waals surface area contributed by atoms with E-state index in [9.17, 15) is 13.2 Å². The molecule has 0 atom stereocenters. The van der Waals surface area contributed by atoms with Crippen LogP contribution < -0.4 is 5.32 Å². The molecule has 140 valence electrons. The van der Waals surface area contributed by atoms with E-state index in [1.165, 1.54) is 16.4 Å². The molecular formula is C19H24N2O4S. The van der Waals surface area contributed by atoms with Gasteiger partial charge < -0.3 is 9.73 Å². The van der Waals surface area contributed by atoms with Crippen molar-refractivity contribution in [1.82, 2.24) is 4.31 Å². The van der Waals surface area contributed by atoms with Gasteiger partial charge in [-0.25, -0.2) is 8.42 Å². The molecule has 2 heterocycles. The highest BCUT2D eigenvalue weighted by molar-refractivity contribution is 7.89. The number of piperidine rings is 1. The molecule has 0 spiro atoms. The van der Waals surface area contributed by atoms with E-state index in [1.54, 1.807) is 32.0 Å². The van der Waals surface area contributed by atoms with Gasteiger partial charge in [0.15, 0.2) is 0 Å². The van der Waals surface area contributed by atoms with Crippen molar-refractivity contribution < 1.29 is 17.6 Å². The molecule has 1 aromatic heterocycles. The summed E-state index contributed by atoms with van der Waals surface area (Å²) in [5.74, 6) is 1.51. The molecule has 1 aromatic carbocycles. The molecule has 0 aliphatic carbocycles. The van der Waals surface area contributed by atoms with Crippen LogP contribution in [0.1, 0.15) is 41.6 Å². The van der Waals surface area contributed by atoms with Gasteiger partial charge in [-0.1, -0.05) is 6.92 Å². The van der Waals surface area contributed by atoms with Crippen LogP contribution in [-0.4, -0.2) is 31.7 Å². The maximum atomic E-state index is 12.7. The van der Waals surface area contributed by atoms with E-state index < -0.39 is 10.0 Å². The van der Waals surface area contributed by atoms with E-state index in [2.05, 4.69) is 12.2 Å². The van der Waals surface area contributed by atoms with E-state index in [4.69, 9.17) is 4.42 Å². The molecule has 1 aliphatic rings. The standard InChI is InChI=1S/C19H24N2O4S/c1-13-8-10-21(11-9-13)26(23,24)17-6-4-16(5-7-17)20-19(22)18-12-14(2)25-15(18)3/h4-7,12-13H,8-11H2,1-3H3,(H,20,22). The molecule has 2 aromatic rings. The van der Waals surface area contributed by atoms with Crippen LogP contribution in [0.15, 0.2) is 39.6 Å². The number of anilines is 1. The second-order valence-corrected chi connectivity index (χ2v) is 8.83. The Morgan fingerprint density at radius 1 is 1.15 bits per heavy atom. The fourth-order valence-electron chi connectivity index (χ4n) is 3.14. The van der Waals surface area contributed by atoms with Crippen molar-refractivity contribution in [3.8, 4) is 0 Å². The number of carbonyl (C=O) groups is 1. The van der Waals surface area contributed by atoms with Gasteiger partial charge >= 0.3 is 0 Å². The summed E-state index contributed by atoms with van der Waals surface area (Å²) < 4.78 is 32.4. The van der Waals surface area contributed by atoms with Crippen LogP contribution in [-0.2, 0) is 10.0 Å². The van der Waals surface area contributed by atoms with Crippen molar-refractivity contribution in [2.75, 3.05) is 18.4 Å². The molecule has 0 radical (unpaired) electrons. The van der Waals surface area contributed by atoms with Crippen molar-refractivity contribution >= 4 is 21.6 Å². The molecule has 0 bridgehead atoms. The summed E-state index contributed by atoms with van der Waals surface area (Å²) in [7, 11) is -3.48. The van der Waals surface area contributed by atoms with Gasteiger partial charge in [0.2, 0.25) is 10.0 Å². The van der Waals surface area contributed by atoms with Crippen molar-refractivity contribution in [3.63, 3.8) is 0 Å². The first-order valence-corrected chi connectivity index (χ1v) is 10.2. The fourth-order valence-corrected chi connectivity index (χ4v) is 4.61. The lowest BCUT2D eigenvalue weighted by atomic mass is 10.0. The molecule has 0 unspecified atom stereocenters. The number of benzene rings is 1. The van der Waals surface area contributed by atoms with Crippen LogP contribution in [0.4, 0.5) is 5.69 Å². The van der Waals surface area contributed by atoms with Crippen molar-refractivity contribution in [2.45, 2.75) is 38.5 Å².